The molecule has 0 spiro atoms. The van der Waals surface area contributed by atoms with E-state index in [0.717, 1.165) is 12.0 Å². The van der Waals surface area contributed by atoms with Crippen molar-refractivity contribution >= 4 is 40.6 Å². The Balaban J connectivity index is 2.05. The summed E-state index contributed by atoms with van der Waals surface area (Å²) in [5, 5.41) is 6.07. The van der Waals surface area contributed by atoms with E-state index in [1.54, 1.807) is 36.4 Å². The summed E-state index contributed by atoms with van der Waals surface area (Å²) in [5.41, 5.74) is 2.28. The number of amides is 2. The molecule has 0 unspecified atom stereocenters. The van der Waals surface area contributed by atoms with Gasteiger partial charge in [0.2, 0.25) is 5.91 Å². The van der Waals surface area contributed by atoms with Crippen LogP contribution in [0.4, 0.5) is 11.4 Å². The number of nitrogens with one attached hydrogen (secondary N) is 2. The van der Waals surface area contributed by atoms with Crippen molar-refractivity contribution in [2.75, 3.05) is 17.2 Å². The molecule has 2 aromatic rings. The van der Waals surface area contributed by atoms with Crippen LogP contribution in [-0.2, 0) is 9.59 Å². The highest BCUT2D eigenvalue weighted by Crippen LogP contribution is 2.24. The average molecular weight is 403 g/mol. The van der Waals surface area contributed by atoms with Crippen LogP contribution in [0.3, 0.4) is 0 Å². The number of ketones is 1. The maximum absolute atomic E-state index is 12.2. The first-order valence-electron chi connectivity index (χ1n) is 8.93. The fraction of sp³-hybridized carbons (Fsp3) is 0.286. The van der Waals surface area contributed by atoms with Gasteiger partial charge in [-0.25, -0.2) is 0 Å². The highest BCUT2D eigenvalue weighted by Gasteiger charge is 2.13. The minimum Gasteiger partial charge on any atom is -0.483 e. The number of Topliss-reactive ketones (excluding diaryl/α,β-unsaturated/α-hetero) is 1. The van der Waals surface area contributed by atoms with Crippen molar-refractivity contribution in [1.82, 2.24) is 0 Å². The number of aryl methyl sites for hydroxylation is 1. The normalized spacial score (nSPS) is 10.3. The zero-order chi connectivity index (χ0) is 20.7. The number of carbonyl (C=O) groups excluding carboxylic acids is 3. The predicted molar refractivity (Wildman–Crippen MR) is 110 cm³/mol. The number of ether oxygens (including phenoxy) is 1. The Hall–Kier alpha value is -2.86. The van der Waals surface area contributed by atoms with Crippen molar-refractivity contribution in [2.24, 2.45) is 0 Å². The highest BCUT2D eigenvalue weighted by atomic mass is 35.5. The molecule has 2 N–H and O–H groups in total. The first-order chi connectivity index (χ1) is 13.3. The van der Waals surface area contributed by atoms with Crippen LogP contribution in [0.5, 0.6) is 5.75 Å². The molecule has 0 aliphatic heterocycles. The van der Waals surface area contributed by atoms with Gasteiger partial charge in [-0.15, -0.1) is 0 Å². The molecule has 2 aromatic carbocycles. The number of hydrogen-bond acceptors (Lipinski definition) is 4. The number of carbonyl (C=O) groups is 3. The minimum atomic E-state index is -0.361. The summed E-state index contributed by atoms with van der Waals surface area (Å²) < 4.78 is 5.53. The minimum absolute atomic E-state index is 0.122. The molecule has 2 amide bonds. The van der Waals surface area contributed by atoms with Crippen molar-refractivity contribution in [1.29, 1.82) is 0 Å². The van der Waals surface area contributed by atoms with Gasteiger partial charge in [-0.2, -0.15) is 0 Å². The summed E-state index contributed by atoms with van der Waals surface area (Å²) in [4.78, 5) is 35.8. The Morgan fingerprint density at radius 1 is 1.04 bits per heavy atom. The van der Waals surface area contributed by atoms with Crippen LogP contribution in [0.25, 0.3) is 0 Å². The second kappa shape index (κ2) is 9.90. The fourth-order valence-corrected chi connectivity index (χ4v) is 2.78. The lowest BCUT2D eigenvalue weighted by Crippen LogP contribution is -2.21. The van der Waals surface area contributed by atoms with E-state index in [9.17, 15) is 14.4 Å². The van der Waals surface area contributed by atoms with Gasteiger partial charge >= 0.3 is 0 Å². The van der Waals surface area contributed by atoms with Crippen LogP contribution < -0.4 is 15.4 Å². The van der Waals surface area contributed by atoms with E-state index < -0.39 is 0 Å². The molecule has 0 heterocycles. The van der Waals surface area contributed by atoms with Gasteiger partial charge in [-0.1, -0.05) is 18.5 Å². The van der Waals surface area contributed by atoms with Gasteiger partial charge in [0.15, 0.2) is 12.4 Å². The molecule has 0 atom stereocenters. The Bertz CT molecular complexity index is 896. The summed E-state index contributed by atoms with van der Waals surface area (Å²) in [7, 11) is 0. The van der Waals surface area contributed by atoms with E-state index in [2.05, 4.69) is 10.6 Å². The van der Waals surface area contributed by atoms with Crippen LogP contribution in [0.1, 0.15) is 42.6 Å². The molecule has 0 bridgehead atoms. The first kappa shape index (κ1) is 21.4. The second-order valence-corrected chi connectivity index (χ2v) is 6.80. The number of anilines is 2. The van der Waals surface area contributed by atoms with Gasteiger partial charge in [0.05, 0.1) is 5.56 Å². The standard InChI is InChI=1S/C21H23ClN2O4/c1-4-5-20(26)23-16-7-9-19(17(11-16)14(3)25)28-12-21(27)24-18-8-6-15(22)10-13(18)2/h6-11H,4-5,12H2,1-3H3,(H,23,26)(H,24,27). The Morgan fingerprint density at radius 2 is 1.79 bits per heavy atom. The average Bonchev–Trinajstić information content (AvgIpc) is 2.63. The van der Waals surface area contributed by atoms with Crippen LogP contribution in [0.15, 0.2) is 36.4 Å². The SMILES string of the molecule is CCCC(=O)Nc1ccc(OCC(=O)Nc2ccc(Cl)cc2C)c(C(C)=O)c1. The maximum Gasteiger partial charge on any atom is 0.262 e. The van der Waals surface area contributed by atoms with Gasteiger partial charge in [0.25, 0.3) is 5.91 Å². The number of halogens is 1. The molecule has 0 saturated heterocycles. The fourth-order valence-electron chi connectivity index (χ4n) is 2.56. The van der Waals surface area contributed by atoms with E-state index in [1.165, 1.54) is 6.92 Å². The lowest BCUT2D eigenvalue weighted by molar-refractivity contribution is -0.118. The lowest BCUT2D eigenvalue weighted by Gasteiger charge is -2.13. The zero-order valence-electron chi connectivity index (χ0n) is 16.1. The molecule has 6 nitrogen and oxygen atoms in total. The third kappa shape index (κ3) is 6.09. The molecular weight excluding hydrogens is 380 g/mol. The van der Waals surface area contributed by atoms with Crippen molar-refractivity contribution in [2.45, 2.75) is 33.6 Å². The van der Waals surface area contributed by atoms with Crippen molar-refractivity contribution in [3.63, 3.8) is 0 Å². The van der Waals surface area contributed by atoms with Gasteiger partial charge in [-0.3, -0.25) is 14.4 Å². The van der Waals surface area contributed by atoms with E-state index in [4.69, 9.17) is 16.3 Å². The molecule has 148 valence electrons. The van der Waals surface area contributed by atoms with Gasteiger partial charge in [0, 0.05) is 22.8 Å². The van der Waals surface area contributed by atoms with Gasteiger partial charge < -0.3 is 15.4 Å². The van der Waals surface area contributed by atoms with Crippen LogP contribution in [-0.4, -0.2) is 24.2 Å². The van der Waals surface area contributed by atoms with Crippen molar-refractivity contribution in [3.05, 3.63) is 52.5 Å². The molecule has 0 aliphatic rings. The van der Waals surface area contributed by atoms with Crippen LogP contribution >= 0.6 is 11.6 Å². The molecule has 2 rings (SSSR count). The highest BCUT2D eigenvalue weighted by molar-refractivity contribution is 6.30. The largest absolute Gasteiger partial charge is 0.483 e. The van der Waals surface area contributed by atoms with Gasteiger partial charge in [-0.05, 0) is 62.2 Å². The molecule has 0 aliphatic carbocycles. The summed E-state index contributed by atoms with van der Waals surface area (Å²) >= 11 is 5.91. The van der Waals surface area contributed by atoms with E-state index in [-0.39, 0.29) is 30.0 Å². The molecule has 7 heteroatoms. The van der Waals surface area contributed by atoms with Gasteiger partial charge in [0.1, 0.15) is 5.75 Å². The second-order valence-electron chi connectivity index (χ2n) is 6.36. The summed E-state index contributed by atoms with van der Waals surface area (Å²) in [6.07, 6.45) is 1.13. The van der Waals surface area contributed by atoms with Crippen LogP contribution in [0, 0.1) is 6.92 Å². The van der Waals surface area contributed by atoms with Crippen LogP contribution in [0.2, 0.25) is 5.02 Å². The predicted octanol–water partition coefficient (Wildman–Crippen LogP) is 4.61. The van der Waals surface area contributed by atoms with E-state index >= 15 is 0 Å². The molecular formula is C21H23ClN2O4. The first-order valence-corrected chi connectivity index (χ1v) is 9.31. The van der Waals surface area contributed by atoms with Crippen molar-refractivity contribution < 1.29 is 19.1 Å². The Labute approximate surface area is 169 Å². The maximum atomic E-state index is 12.2. The third-order valence-corrected chi connectivity index (χ3v) is 4.18. The number of rotatable bonds is 8. The third-order valence-electron chi connectivity index (χ3n) is 3.94. The quantitative estimate of drug-likeness (QED) is 0.631. The summed E-state index contributed by atoms with van der Waals surface area (Å²) in [6.45, 7) is 4.89. The smallest absolute Gasteiger partial charge is 0.262 e. The molecule has 0 aromatic heterocycles. The van der Waals surface area contributed by atoms with Crippen molar-refractivity contribution in [3.8, 4) is 5.75 Å². The van der Waals surface area contributed by atoms with E-state index in [1.807, 2.05) is 13.8 Å². The Morgan fingerprint density at radius 3 is 2.43 bits per heavy atom. The topological polar surface area (TPSA) is 84.5 Å². The summed E-state index contributed by atoms with van der Waals surface area (Å²) in [6, 6.07) is 9.90. The molecule has 0 saturated carbocycles. The summed E-state index contributed by atoms with van der Waals surface area (Å²) in [5.74, 6) is -0.428. The molecule has 28 heavy (non-hydrogen) atoms. The lowest BCUT2D eigenvalue weighted by atomic mass is 10.1. The molecule has 0 radical (unpaired) electrons. The zero-order valence-corrected chi connectivity index (χ0v) is 16.9. The Kier molecular flexibility index (Phi) is 7.58. The molecule has 0 fully saturated rings. The number of benzene rings is 2. The number of hydrogen-bond donors (Lipinski definition) is 2. The van der Waals surface area contributed by atoms with E-state index in [0.29, 0.717) is 28.4 Å². The monoisotopic (exact) mass is 402 g/mol.